The number of carbonyl (C=O) groups is 2. The van der Waals surface area contributed by atoms with Crippen LogP contribution >= 0.6 is 0 Å². The van der Waals surface area contributed by atoms with E-state index in [1.807, 2.05) is 50.2 Å². The van der Waals surface area contributed by atoms with Crippen molar-refractivity contribution in [1.29, 1.82) is 0 Å². The molecule has 4 nitrogen and oxygen atoms in total. The van der Waals surface area contributed by atoms with Crippen molar-refractivity contribution in [3.63, 3.8) is 0 Å². The van der Waals surface area contributed by atoms with Crippen molar-refractivity contribution in [3.8, 4) is 0 Å². The Hall–Kier alpha value is -2.36. The van der Waals surface area contributed by atoms with E-state index in [2.05, 4.69) is 10.6 Å². The lowest BCUT2D eigenvalue weighted by Crippen LogP contribution is -2.32. The fourth-order valence-electron chi connectivity index (χ4n) is 2.52. The van der Waals surface area contributed by atoms with Crippen LogP contribution in [0.5, 0.6) is 0 Å². The van der Waals surface area contributed by atoms with Crippen molar-refractivity contribution in [1.82, 2.24) is 5.32 Å². The van der Waals surface area contributed by atoms with Crippen LogP contribution < -0.4 is 10.6 Å². The molecule has 3 rings (SSSR count). The van der Waals surface area contributed by atoms with Gasteiger partial charge in [-0.1, -0.05) is 31.2 Å². The standard InChI is InChI=1S/C19H22N2O2/c1-3-12(2)20-19(23)16-10-14-6-4-5-7-15(14)11-17(16)21-18(22)13-8-9-13/h4-7,10-13H,3,8-9H2,1-2H3,(H,20,23)(H,21,22). The van der Waals surface area contributed by atoms with E-state index < -0.39 is 0 Å². The van der Waals surface area contributed by atoms with E-state index in [0.29, 0.717) is 11.3 Å². The number of fused-ring (bicyclic) bond motifs is 1. The molecular weight excluding hydrogens is 288 g/mol. The summed E-state index contributed by atoms with van der Waals surface area (Å²) in [5, 5.41) is 7.92. The molecule has 1 saturated carbocycles. The summed E-state index contributed by atoms with van der Waals surface area (Å²) < 4.78 is 0. The second kappa shape index (κ2) is 6.41. The molecule has 0 spiro atoms. The van der Waals surface area contributed by atoms with Gasteiger partial charge >= 0.3 is 0 Å². The van der Waals surface area contributed by atoms with Gasteiger partial charge in [-0.25, -0.2) is 0 Å². The molecule has 4 heteroatoms. The molecule has 2 aromatic rings. The molecular formula is C19H22N2O2. The Labute approximate surface area is 136 Å². The van der Waals surface area contributed by atoms with Crippen LogP contribution in [0.4, 0.5) is 5.69 Å². The fourth-order valence-corrected chi connectivity index (χ4v) is 2.52. The normalized spacial score (nSPS) is 15.2. The summed E-state index contributed by atoms with van der Waals surface area (Å²) in [6.07, 6.45) is 2.74. The average Bonchev–Trinajstić information content (AvgIpc) is 3.38. The molecule has 2 N–H and O–H groups in total. The van der Waals surface area contributed by atoms with Crippen LogP contribution in [0, 0.1) is 5.92 Å². The van der Waals surface area contributed by atoms with Crippen molar-refractivity contribution in [2.24, 2.45) is 5.92 Å². The van der Waals surface area contributed by atoms with Gasteiger partial charge < -0.3 is 10.6 Å². The van der Waals surface area contributed by atoms with E-state index in [1.165, 1.54) is 0 Å². The predicted octanol–water partition coefficient (Wildman–Crippen LogP) is 3.72. The quantitative estimate of drug-likeness (QED) is 0.884. The second-order valence-corrected chi connectivity index (χ2v) is 6.29. The number of rotatable bonds is 5. The van der Waals surface area contributed by atoms with Gasteiger partial charge in [0.2, 0.25) is 5.91 Å². The molecule has 1 unspecified atom stereocenters. The van der Waals surface area contributed by atoms with Gasteiger partial charge in [-0.05, 0) is 49.1 Å². The first-order valence-electron chi connectivity index (χ1n) is 8.23. The highest BCUT2D eigenvalue weighted by atomic mass is 16.2. The van der Waals surface area contributed by atoms with E-state index in [9.17, 15) is 9.59 Å². The molecule has 0 heterocycles. The smallest absolute Gasteiger partial charge is 0.253 e. The van der Waals surface area contributed by atoms with E-state index in [1.54, 1.807) is 0 Å². The third-order valence-electron chi connectivity index (χ3n) is 4.33. The Morgan fingerprint density at radius 1 is 1.17 bits per heavy atom. The monoisotopic (exact) mass is 310 g/mol. The minimum absolute atomic E-state index is 0.0119. The van der Waals surface area contributed by atoms with Gasteiger partial charge in [0.05, 0.1) is 11.3 Å². The van der Waals surface area contributed by atoms with Gasteiger partial charge in [-0.15, -0.1) is 0 Å². The molecule has 120 valence electrons. The first kappa shape index (κ1) is 15.5. The Morgan fingerprint density at radius 2 is 1.83 bits per heavy atom. The molecule has 1 fully saturated rings. The minimum Gasteiger partial charge on any atom is -0.350 e. The van der Waals surface area contributed by atoms with Crippen LogP contribution in [0.2, 0.25) is 0 Å². The van der Waals surface area contributed by atoms with Crippen LogP contribution in [-0.2, 0) is 4.79 Å². The van der Waals surface area contributed by atoms with E-state index in [-0.39, 0.29) is 23.8 Å². The first-order valence-corrected chi connectivity index (χ1v) is 8.23. The van der Waals surface area contributed by atoms with E-state index in [0.717, 1.165) is 30.0 Å². The number of amides is 2. The minimum atomic E-state index is -0.142. The number of hydrogen-bond donors (Lipinski definition) is 2. The predicted molar refractivity (Wildman–Crippen MR) is 92.5 cm³/mol. The summed E-state index contributed by atoms with van der Waals surface area (Å²) in [7, 11) is 0. The van der Waals surface area contributed by atoms with Gasteiger partial charge in [0.25, 0.3) is 5.91 Å². The Kier molecular flexibility index (Phi) is 4.33. The molecule has 1 aliphatic rings. The average molecular weight is 310 g/mol. The zero-order chi connectivity index (χ0) is 16.4. The molecule has 0 bridgehead atoms. The van der Waals surface area contributed by atoms with Gasteiger partial charge in [-0.3, -0.25) is 9.59 Å². The molecule has 0 aromatic heterocycles. The van der Waals surface area contributed by atoms with Crippen LogP contribution in [-0.4, -0.2) is 17.9 Å². The first-order chi connectivity index (χ1) is 11.1. The lowest BCUT2D eigenvalue weighted by atomic mass is 10.0. The van der Waals surface area contributed by atoms with Crippen molar-refractivity contribution in [2.75, 3.05) is 5.32 Å². The highest BCUT2D eigenvalue weighted by molar-refractivity contribution is 6.08. The third kappa shape index (κ3) is 3.52. The maximum atomic E-state index is 12.6. The largest absolute Gasteiger partial charge is 0.350 e. The van der Waals surface area contributed by atoms with Gasteiger partial charge in [-0.2, -0.15) is 0 Å². The summed E-state index contributed by atoms with van der Waals surface area (Å²) in [4.78, 5) is 24.7. The topological polar surface area (TPSA) is 58.2 Å². The van der Waals surface area contributed by atoms with Crippen molar-refractivity contribution >= 4 is 28.3 Å². The van der Waals surface area contributed by atoms with Crippen molar-refractivity contribution in [3.05, 3.63) is 42.0 Å². The number of benzene rings is 2. The number of anilines is 1. The Morgan fingerprint density at radius 3 is 2.43 bits per heavy atom. The summed E-state index contributed by atoms with van der Waals surface area (Å²) in [6, 6.07) is 11.7. The summed E-state index contributed by atoms with van der Waals surface area (Å²) in [5.41, 5.74) is 1.12. The van der Waals surface area contributed by atoms with E-state index >= 15 is 0 Å². The van der Waals surface area contributed by atoms with Crippen molar-refractivity contribution in [2.45, 2.75) is 39.2 Å². The maximum absolute atomic E-state index is 12.6. The zero-order valence-corrected chi connectivity index (χ0v) is 13.6. The van der Waals surface area contributed by atoms with Gasteiger partial charge in [0.15, 0.2) is 0 Å². The number of hydrogen-bond acceptors (Lipinski definition) is 2. The Bertz CT molecular complexity index is 750. The molecule has 0 aliphatic heterocycles. The lowest BCUT2D eigenvalue weighted by Gasteiger charge is -2.16. The fraction of sp³-hybridized carbons (Fsp3) is 0.368. The summed E-state index contributed by atoms with van der Waals surface area (Å²) in [6.45, 7) is 4.00. The van der Waals surface area contributed by atoms with Crippen LogP contribution in [0.3, 0.4) is 0 Å². The molecule has 1 aliphatic carbocycles. The second-order valence-electron chi connectivity index (χ2n) is 6.29. The van der Waals surface area contributed by atoms with Gasteiger partial charge in [0, 0.05) is 12.0 Å². The zero-order valence-electron chi connectivity index (χ0n) is 13.6. The maximum Gasteiger partial charge on any atom is 0.253 e. The molecule has 2 amide bonds. The molecule has 0 saturated heterocycles. The molecule has 2 aromatic carbocycles. The van der Waals surface area contributed by atoms with Crippen LogP contribution in [0.25, 0.3) is 10.8 Å². The summed E-state index contributed by atoms with van der Waals surface area (Å²) >= 11 is 0. The summed E-state index contributed by atoms with van der Waals surface area (Å²) in [5.74, 6) is -0.0268. The van der Waals surface area contributed by atoms with Crippen LogP contribution in [0.1, 0.15) is 43.5 Å². The number of carbonyl (C=O) groups excluding carboxylic acids is 2. The molecule has 0 radical (unpaired) electrons. The SMILES string of the molecule is CCC(C)NC(=O)c1cc2ccccc2cc1NC(=O)C1CC1. The van der Waals surface area contributed by atoms with Crippen molar-refractivity contribution < 1.29 is 9.59 Å². The highest BCUT2D eigenvalue weighted by Crippen LogP contribution is 2.32. The van der Waals surface area contributed by atoms with E-state index in [4.69, 9.17) is 0 Å². The molecule has 1 atom stereocenters. The third-order valence-corrected chi connectivity index (χ3v) is 4.33. The van der Waals surface area contributed by atoms with Crippen LogP contribution in [0.15, 0.2) is 36.4 Å². The van der Waals surface area contributed by atoms with Gasteiger partial charge in [0.1, 0.15) is 0 Å². The number of nitrogens with one attached hydrogen (secondary N) is 2. The lowest BCUT2D eigenvalue weighted by molar-refractivity contribution is -0.117. The Balaban J connectivity index is 1.97. The molecule has 23 heavy (non-hydrogen) atoms. The highest BCUT2D eigenvalue weighted by Gasteiger charge is 2.30.